The maximum Gasteiger partial charge on any atom is 0.228 e. The molecule has 1 saturated carbocycles. The fourth-order valence-corrected chi connectivity index (χ4v) is 3.85. The third kappa shape index (κ3) is 4.84. The highest BCUT2D eigenvalue weighted by molar-refractivity contribution is 5.93. The zero-order chi connectivity index (χ0) is 25.4. The van der Waals surface area contributed by atoms with Crippen LogP contribution < -0.4 is 15.4 Å². The highest BCUT2D eigenvalue weighted by Gasteiger charge is 2.29. The van der Waals surface area contributed by atoms with Gasteiger partial charge in [-0.2, -0.15) is 15.3 Å². The lowest BCUT2D eigenvalue weighted by molar-refractivity contribution is -0.117. The highest BCUT2D eigenvalue weighted by Crippen LogP contribution is 2.31. The number of imidazole rings is 1. The minimum atomic E-state index is -0.169. The predicted molar refractivity (Wildman–Crippen MR) is 134 cm³/mol. The summed E-state index contributed by atoms with van der Waals surface area (Å²) in [6.07, 6.45) is 5.04. The van der Waals surface area contributed by atoms with Crippen LogP contribution in [0, 0.1) is 17.2 Å². The Labute approximate surface area is 208 Å². The summed E-state index contributed by atoms with van der Waals surface area (Å²) in [6, 6.07) is 9.34. The molecule has 4 aromatic heterocycles. The number of nitrogens with zero attached hydrogens (tertiary/aromatic N) is 7. The Balaban J connectivity index is 1.36. The van der Waals surface area contributed by atoms with E-state index in [0.717, 1.165) is 24.1 Å². The molecule has 0 radical (unpaired) electrons. The molecule has 0 spiro atoms. The molecule has 1 amide bonds. The molecule has 0 aliphatic heterocycles. The summed E-state index contributed by atoms with van der Waals surface area (Å²) in [5, 5.41) is 19.8. The van der Waals surface area contributed by atoms with E-state index in [1.807, 2.05) is 23.7 Å². The van der Waals surface area contributed by atoms with Crippen molar-refractivity contribution >= 4 is 34.7 Å². The van der Waals surface area contributed by atoms with Gasteiger partial charge in [0.2, 0.25) is 11.9 Å². The van der Waals surface area contributed by atoms with Gasteiger partial charge in [0.05, 0.1) is 17.8 Å². The lowest BCUT2D eigenvalue weighted by Crippen LogP contribution is -2.18. The number of aryl methyl sites for hydroxylation is 1. The monoisotopic (exact) mass is 485 g/mol. The maximum absolute atomic E-state index is 12.0. The Kier molecular flexibility index (Phi) is 5.80. The van der Waals surface area contributed by atoms with Crippen LogP contribution in [0.15, 0.2) is 36.7 Å². The van der Waals surface area contributed by atoms with Gasteiger partial charge < -0.3 is 19.9 Å². The van der Waals surface area contributed by atoms with E-state index in [2.05, 4.69) is 57.5 Å². The topological polar surface area (TPSA) is 136 Å². The zero-order valence-electron chi connectivity index (χ0n) is 20.6. The summed E-state index contributed by atoms with van der Waals surface area (Å²) >= 11 is 0. The smallest absolute Gasteiger partial charge is 0.228 e. The second-order valence-electron chi connectivity index (χ2n) is 9.86. The van der Waals surface area contributed by atoms with Crippen molar-refractivity contribution in [2.75, 3.05) is 10.6 Å². The Morgan fingerprint density at radius 1 is 1.19 bits per heavy atom. The third-order valence-corrected chi connectivity index (χ3v) is 5.89. The third-order valence-electron chi connectivity index (χ3n) is 5.89. The number of rotatable bonds is 7. The van der Waals surface area contributed by atoms with Crippen LogP contribution in [-0.2, 0) is 23.8 Å². The van der Waals surface area contributed by atoms with Crippen LogP contribution in [0.1, 0.15) is 39.3 Å². The molecule has 11 nitrogen and oxygen atoms in total. The van der Waals surface area contributed by atoms with Crippen LogP contribution >= 0.6 is 0 Å². The Bertz CT molecular complexity index is 1490. The molecular formula is C25H27N9O2. The molecule has 0 bridgehead atoms. The van der Waals surface area contributed by atoms with Crippen LogP contribution in [-0.4, -0.2) is 35.2 Å². The maximum atomic E-state index is 12.0. The summed E-state index contributed by atoms with van der Waals surface area (Å²) in [7, 11) is 1.87. The van der Waals surface area contributed by atoms with Gasteiger partial charge in [-0.15, -0.1) is 0 Å². The molecular weight excluding hydrogens is 458 g/mol. The lowest BCUT2D eigenvalue weighted by Gasteiger charge is -2.18. The van der Waals surface area contributed by atoms with E-state index >= 15 is 0 Å². The average molecular weight is 486 g/mol. The van der Waals surface area contributed by atoms with Crippen molar-refractivity contribution in [3.8, 4) is 17.6 Å². The molecule has 0 saturated heterocycles. The molecule has 0 aromatic carbocycles. The molecule has 1 fully saturated rings. The largest absolute Gasteiger partial charge is 0.455 e. The van der Waals surface area contributed by atoms with Crippen molar-refractivity contribution < 1.29 is 9.53 Å². The first kappa shape index (κ1) is 23.3. The fraction of sp³-hybridized carbons (Fsp3) is 0.360. The average Bonchev–Trinajstić information content (AvgIpc) is 3.53. The van der Waals surface area contributed by atoms with Gasteiger partial charge in [-0.25, -0.2) is 9.97 Å². The minimum absolute atomic E-state index is 0.00951. The van der Waals surface area contributed by atoms with Gasteiger partial charge in [-0.1, -0.05) is 20.8 Å². The number of amides is 1. The van der Waals surface area contributed by atoms with Crippen LogP contribution in [0.2, 0.25) is 0 Å². The van der Waals surface area contributed by atoms with Gasteiger partial charge in [0, 0.05) is 48.5 Å². The Morgan fingerprint density at radius 3 is 2.72 bits per heavy atom. The standard InChI is InChI=1S/C25H27N9O2/c1-25(2,3)19-13-21(32-34(19)10-8-26)30-24-31-22-18(33(24)4)11-17(14-28-22)36-16-7-9-27-20(12-16)29-23(35)15-5-6-15/h7,9,11-15H,5-6,10H2,1-4H3,(H,27,29,35)(H,28,30,31,32). The molecule has 0 atom stereocenters. The summed E-state index contributed by atoms with van der Waals surface area (Å²) in [5.41, 5.74) is 2.09. The quantitative estimate of drug-likeness (QED) is 0.396. The molecule has 4 aromatic rings. The van der Waals surface area contributed by atoms with Gasteiger partial charge in [0.25, 0.3) is 0 Å². The number of carbonyl (C=O) groups is 1. The molecule has 2 N–H and O–H groups in total. The van der Waals surface area contributed by atoms with E-state index in [1.54, 1.807) is 29.2 Å². The van der Waals surface area contributed by atoms with Crippen LogP contribution in [0.5, 0.6) is 11.5 Å². The molecule has 1 aliphatic rings. The number of nitrogens with one attached hydrogen (secondary N) is 2. The molecule has 0 unspecified atom stereocenters. The van der Waals surface area contributed by atoms with Crippen molar-refractivity contribution in [1.29, 1.82) is 5.26 Å². The molecule has 184 valence electrons. The first-order valence-electron chi connectivity index (χ1n) is 11.7. The minimum Gasteiger partial charge on any atom is -0.455 e. The van der Waals surface area contributed by atoms with Crippen LogP contribution in [0.3, 0.4) is 0 Å². The second-order valence-corrected chi connectivity index (χ2v) is 9.86. The van der Waals surface area contributed by atoms with E-state index in [4.69, 9.17) is 10.00 Å². The van der Waals surface area contributed by atoms with Crippen LogP contribution in [0.25, 0.3) is 11.2 Å². The summed E-state index contributed by atoms with van der Waals surface area (Å²) in [4.78, 5) is 25.3. The van der Waals surface area contributed by atoms with Crippen molar-refractivity contribution in [1.82, 2.24) is 29.3 Å². The van der Waals surface area contributed by atoms with Crippen molar-refractivity contribution in [2.45, 2.75) is 45.6 Å². The number of hydrogen-bond donors (Lipinski definition) is 2. The lowest BCUT2D eigenvalue weighted by atomic mass is 9.92. The number of anilines is 3. The normalized spacial score (nSPS) is 13.4. The second kappa shape index (κ2) is 8.96. The molecule has 1 aliphatic carbocycles. The highest BCUT2D eigenvalue weighted by atomic mass is 16.5. The fourth-order valence-electron chi connectivity index (χ4n) is 3.85. The SMILES string of the molecule is Cn1c(Nc2cc(C(C)(C)C)n(CC#N)n2)nc2ncc(Oc3ccnc(NC(=O)C4CC4)c3)cc21. The number of nitriles is 1. The summed E-state index contributed by atoms with van der Waals surface area (Å²) in [6.45, 7) is 6.40. The number of aromatic nitrogens is 6. The van der Waals surface area contributed by atoms with Gasteiger partial charge in [0.15, 0.2) is 11.5 Å². The molecule has 11 heteroatoms. The molecule has 4 heterocycles. The van der Waals surface area contributed by atoms with E-state index in [1.165, 1.54) is 0 Å². The van der Waals surface area contributed by atoms with Crippen molar-refractivity contribution in [3.05, 3.63) is 42.4 Å². The number of pyridine rings is 2. The van der Waals surface area contributed by atoms with Crippen LogP contribution in [0.4, 0.5) is 17.6 Å². The summed E-state index contributed by atoms with van der Waals surface area (Å²) < 4.78 is 9.55. The van der Waals surface area contributed by atoms with Gasteiger partial charge in [-0.05, 0) is 18.9 Å². The van der Waals surface area contributed by atoms with E-state index in [-0.39, 0.29) is 23.8 Å². The van der Waals surface area contributed by atoms with Crippen molar-refractivity contribution in [3.63, 3.8) is 0 Å². The number of carbonyl (C=O) groups excluding carboxylic acids is 1. The van der Waals surface area contributed by atoms with E-state index in [9.17, 15) is 4.79 Å². The Hall–Kier alpha value is -4.46. The first-order valence-corrected chi connectivity index (χ1v) is 11.7. The molecule has 5 rings (SSSR count). The van der Waals surface area contributed by atoms with Crippen molar-refractivity contribution in [2.24, 2.45) is 13.0 Å². The van der Waals surface area contributed by atoms with Gasteiger partial charge in [-0.3, -0.25) is 9.48 Å². The molecule has 36 heavy (non-hydrogen) atoms. The summed E-state index contributed by atoms with van der Waals surface area (Å²) in [5.74, 6) is 2.76. The predicted octanol–water partition coefficient (Wildman–Crippen LogP) is 4.27. The van der Waals surface area contributed by atoms with E-state index < -0.39 is 0 Å². The van der Waals surface area contributed by atoms with Gasteiger partial charge in [0.1, 0.15) is 23.9 Å². The van der Waals surface area contributed by atoms with Gasteiger partial charge >= 0.3 is 0 Å². The zero-order valence-corrected chi connectivity index (χ0v) is 20.6. The number of hydrogen-bond acceptors (Lipinski definition) is 8. The van der Waals surface area contributed by atoms with E-state index in [0.29, 0.717) is 34.7 Å². The number of ether oxygens (including phenoxy) is 1. The number of fused-ring (bicyclic) bond motifs is 1. The Morgan fingerprint density at radius 2 is 2.00 bits per heavy atom. The first-order chi connectivity index (χ1) is 17.2.